The van der Waals surface area contributed by atoms with Crippen LogP contribution in [0.3, 0.4) is 0 Å². The van der Waals surface area contributed by atoms with Gasteiger partial charge >= 0.3 is 0 Å². The molecule has 0 saturated carbocycles. The first-order chi connectivity index (χ1) is 17.9. The Balaban J connectivity index is 1.24. The highest BCUT2D eigenvalue weighted by atomic mass is 32.2. The molecular weight excluding hydrogens is 492 g/mol. The first-order valence-corrected chi connectivity index (χ1v) is 12.9. The van der Waals surface area contributed by atoms with Crippen molar-refractivity contribution in [3.8, 4) is 17.2 Å². The van der Waals surface area contributed by atoms with E-state index in [0.717, 1.165) is 5.56 Å². The molecule has 8 nitrogen and oxygen atoms in total. The predicted octanol–water partition coefficient (Wildman–Crippen LogP) is 5.09. The Kier molecular flexibility index (Phi) is 8.27. The van der Waals surface area contributed by atoms with E-state index in [2.05, 4.69) is 10.0 Å². The van der Waals surface area contributed by atoms with Crippen molar-refractivity contribution >= 4 is 27.3 Å². The molecule has 0 bridgehead atoms. The summed E-state index contributed by atoms with van der Waals surface area (Å²) in [7, 11) is -2.25. The third kappa shape index (κ3) is 7.49. The number of benzene rings is 4. The summed E-state index contributed by atoms with van der Waals surface area (Å²) in [6.07, 6.45) is 0. The van der Waals surface area contributed by atoms with E-state index in [0.29, 0.717) is 35.2 Å². The Labute approximate surface area is 215 Å². The second kappa shape index (κ2) is 12.0. The molecule has 0 aromatic heterocycles. The molecule has 0 aliphatic rings. The van der Waals surface area contributed by atoms with Gasteiger partial charge in [0.25, 0.3) is 15.9 Å². The summed E-state index contributed by atoms with van der Waals surface area (Å²) in [4.78, 5) is 12.3. The van der Waals surface area contributed by atoms with Crippen LogP contribution in [0.15, 0.2) is 108 Å². The fourth-order valence-electron chi connectivity index (χ4n) is 3.31. The number of hydrogen-bond acceptors (Lipinski definition) is 6. The van der Waals surface area contributed by atoms with E-state index < -0.39 is 10.0 Å². The van der Waals surface area contributed by atoms with Gasteiger partial charge < -0.3 is 19.5 Å². The van der Waals surface area contributed by atoms with Gasteiger partial charge in [-0.2, -0.15) is 0 Å². The van der Waals surface area contributed by atoms with Gasteiger partial charge in [0.1, 0.15) is 23.9 Å². The number of hydrogen-bond donors (Lipinski definition) is 2. The SMILES string of the molecule is COc1ccc(NS(=O)(=O)c2ccc(OCC(=O)Nc3ccc(OCc4ccccc4)cc3)cc2)cc1. The van der Waals surface area contributed by atoms with Gasteiger partial charge in [0, 0.05) is 11.4 Å². The first kappa shape index (κ1) is 25.6. The summed E-state index contributed by atoms with van der Waals surface area (Å²) in [6, 6.07) is 29.2. The van der Waals surface area contributed by atoms with E-state index >= 15 is 0 Å². The Morgan fingerprint density at radius 2 is 1.27 bits per heavy atom. The van der Waals surface area contributed by atoms with Gasteiger partial charge in [-0.05, 0) is 78.4 Å². The van der Waals surface area contributed by atoms with Gasteiger partial charge in [-0.15, -0.1) is 0 Å². The molecule has 37 heavy (non-hydrogen) atoms. The van der Waals surface area contributed by atoms with Crippen LogP contribution in [0.25, 0.3) is 0 Å². The van der Waals surface area contributed by atoms with Crippen molar-refractivity contribution in [2.75, 3.05) is 23.8 Å². The van der Waals surface area contributed by atoms with Crippen molar-refractivity contribution in [2.24, 2.45) is 0 Å². The van der Waals surface area contributed by atoms with Crippen LogP contribution in [-0.2, 0) is 21.4 Å². The van der Waals surface area contributed by atoms with Crippen molar-refractivity contribution in [3.63, 3.8) is 0 Å². The standard InChI is InChI=1S/C28H26N2O6S/c1-34-24-11-9-23(10-12-24)30-37(32,33)27-17-15-26(16-18-27)36-20-28(31)29-22-7-13-25(14-8-22)35-19-21-5-3-2-4-6-21/h2-18,30H,19-20H2,1H3,(H,29,31). The number of nitrogens with one attached hydrogen (secondary N) is 2. The van der Waals surface area contributed by atoms with Crippen LogP contribution in [0, 0.1) is 0 Å². The van der Waals surface area contributed by atoms with Crippen LogP contribution in [-0.4, -0.2) is 28.0 Å². The van der Waals surface area contributed by atoms with Crippen LogP contribution in [0.1, 0.15) is 5.56 Å². The predicted molar refractivity (Wildman–Crippen MR) is 142 cm³/mol. The molecular formula is C28H26N2O6S. The zero-order valence-corrected chi connectivity index (χ0v) is 20.9. The fraction of sp³-hybridized carbons (Fsp3) is 0.107. The van der Waals surface area contributed by atoms with Gasteiger partial charge in [0.05, 0.1) is 12.0 Å². The maximum absolute atomic E-state index is 12.6. The number of rotatable bonds is 11. The quantitative estimate of drug-likeness (QED) is 0.287. The average molecular weight is 519 g/mol. The second-order valence-electron chi connectivity index (χ2n) is 7.94. The molecule has 0 fully saturated rings. The number of sulfonamides is 1. The first-order valence-electron chi connectivity index (χ1n) is 11.4. The van der Waals surface area contributed by atoms with Gasteiger partial charge in [0.15, 0.2) is 6.61 Å². The van der Waals surface area contributed by atoms with E-state index in [1.807, 2.05) is 30.3 Å². The van der Waals surface area contributed by atoms with E-state index in [9.17, 15) is 13.2 Å². The molecule has 0 aliphatic carbocycles. The third-order valence-electron chi connectivity index (χ3n) is 5.23. The molecule has 0 saturated heterocycles. The van der Waals surface area contributed by atoms with Crippen molar-refractivity contribution in [1.82, 2.24) is 0 Å². The highest BCUT2D eigenvalue weighted by molar-refractivity contribution is 7.92. The van der Waals surface area contributed by atoms with Crippen LogP contribution < -0.4 is 24.2 Å². The van der Waals surface area contributed by atoms with Gasteiger partial charge in [0.2, 0.25) is 0 Å². The largest absolute Gasteiger partial charge is 0.497 e. The Hall–Kier alpha value is -4.50. The zero-order valence-electron chi connectivity index (χ0n) is 20.1. The second-order valence-corrected chi connectivity index (χ2v) is 9.62. The molecule has 4 aromatic carbocycles. The van der Waals surface area contributed by atoms with E-state index in [1.165, 1.54) is 31.4 Å². The Morgan fingerprint density at radius 1 is 0.703 bits per heavy atom. The molecule has 0 aliphatic heterocycles. The summed E-state index contributed by atoms with van der Waals surface area (Å²) in [5, 5.41) is 2.75. The highest BCUT2D eigenvalue weighted by Gasteiger charge is 2.14. The van der Waals surface area contributed by atoms with E-state index in [4.69, 9.17) is 14.2 Å². The number of ether oxygens (including phenoxy) is 3. The van der Waals surface area contributed by atoms with Crippen LogP contribution in [0.5, 0.6) is 17.2 Å². The lowest BCUT2D eigenvalue weighted by atomic mass is 10.2. The number of methoxy groups -OCH3 is 1. The molecule has 190 valence electrons. The minimum atomic E-state index is -3.78. The normalized spacial score (nSPS) is 10.8. The number of amides is 1. The Morgan fingerprint density at radius 3 is 1.92 bits per heavy atom. The molecule has 0 spiro atoms. The number of carbonyl (C=O) groups excluding carboxylic acids is 1. The molecule has 0 radical (unpaired) electrons. The van der Waals surface area contributed by atoms with Gasteiger partial charge in [-0.25, -0.2) is 8.42 Å². The minimum Gasteiger partial charge on any atom is -0.497 e. The topological polar surface area (TPSA) is 103 Å². The maximum atomic E-state index is 12.6. The fourth-order valence-corrected chi connectivity index (χ4v) is 4.37. The molecule has 0 heterocycles. The summed E-state index contributed by atoms with van der Waals surface area (Å²) in [6.45, 7) is 0.223. The Bertz CT molecular complexity index is 1410. The zero-order chi connectivity index (χ0) is 26.1. The molecule has 2 N–H and O–H groups in total. The van der Waals surface area contributed by atoms with Gasteiger partial charge in [-0.3, -0.25) is 9.52 Å². The number of carbonyl (C=O) groups is 1. The summed E-state index contributed by atoms with van der Waals surface area (Å²) < 4.78 is 44.1. The maximum Gasteiger partial charge on any atom is 0.262 e. The third-order valence-corrected chi connectivity index (χ3v) is 6.63. The monoisotopic (exact) mass is 518 g/mol. The van der Waals surface area contributed by atoms with E-state index in [1.54, 1.807) is 48.5 Å². The molecule has 1 amide bonds. The summed E-state index contributed by atoms with van der Waals surface area (Å²) in [5.41, 5.74) is 2.08. The lowest BCUT2D eigenvalue weighted by Gasteiger charge is -2.11. The lowest BCUT2D eigenvalue weighted by Crippen LogP contribution is -2.20. The summed E-state index contributed by atoms with van der Waals surface area (Å²) in [5.74, 6) is 1.33. The molecule has 0 unspecified atom stereocenters. The molecule has 9 heteroatoms. The van der Waals surface area contributed by atoms with Crippen molar-refractivity contribution in [3.05, 3.63) is 109 Å². The van der Waals surface area contributed by atoms with Gasteiger partial charge in [-0.1, -0.05) is 30.3 Å². The van der Waals surface area contributed by atoms with E-state index in [-0.39, 0.29) is 17.4 Å². The minimum absolute atomic E-state index is 0.0645. The molecule has 0 atom stereocenters. The van der Waals surface area contributed by atoms with Crippen molar-refractivity contribution in [2.45, 2.75) is 11.5 Å². The lowest BCUT2D eigenvalue weighted by molar-refractivity contribution is -0.118. The van der Waals surface area contributed by atoms with Crippen LogP contribution >= 0.6 is 0 Å². The average Bonchev–Trinajstić information content (AvgIpc) is 2.92. The summed E-state index contributed by atoms with van der Waals surface area (Å²) >= 11 is 0. The van der Waals surface area contributed by atoms with Crippen molar-refractivity contribution in [1.29, 1.82) is 0 Å². The van der Waals surface area contributed by atoms with Crippen LogP contribution in [0.4, 0.5) is 11.4 Å². The van der Waals surface area contributed by atoms with Crippen LogP contribution in [0.2, 0.25) is 0 Å². The molecule has 4 aromatic rings. The number of anilines is 2. The highest BCUT2D eigenvalue weighted by Crippen LogP contribution is 2.22. The smallest absolute Gasteiger partial charge is 0.262 e. The van der Waals surface area contributed by atoms with Crippen molar-refractivity contribution < 1.29 is 27.4 Å². The molecule has 4 rings (SSSR count).